The molecular formula is C25H21Cl2F3N6O3. The predicted octanol–water partition coefficient (Wildman–Crippen LogP) is 4.06. The van der Waals surface area contributed by atoms with Crippen molar-refractivity contribution in [2.24, 2.45) is 5.73 Å². The highest BCUT2D eigenvalue weighted by Gasteiger charge is 2.48. The Labute approximate surface area is 229 Å². The van der Waals surface area contributed by atoms with Crippen LogP contribution in [0.2, 0.25) is 10.0 Å². The van der Waals surface area contributed by atoms with Crippen LogP contribution in [-0.2, 0) is 4.79 Å². The number of fused-ring (bicyclic) bond motifs is 1. The molecule has 3 aromatic rings. The zero-order valence-electron chi connectivity index (χ0n) is 20.1. The first-order valence-electron chi connectivity index (χ1n) is 11.7. The lowest BCUT2D eigenvalue weighted by Crippen LogP contribution is -2.51. The van der Waals surface area contributed by atoms with Crippen LogP contribution >= 0.6 is 23.2 Å². The summed E-state index contributed by atoms with van der Waals surface area (Å²) in [6.45, 7) is 1.00. The number of halogens is 5. The molecule has 9 nitrogen and oxygen atoms in total. The SMILES string of the molecule is NC(=O)n1c(=O)cc2n1C(c1cccc(Cl)c1Cl)C(C(=O)N1CCN(c3ccccc3)CC1)=C(C(F)(F)F)N2. The molecule has 3 N–H and O–H groups in total. The number of nitrogens with zero attached hydrogens (tertiary/aromatic N) is 4. The maximum absolute atomic E-state index is 14.5. The number of alkyl halides is 3. The van der Waals surface area contributed by atoms with Gasteiger partial charge in [0.1, 0.15) is 17.6 Å². The van der Waals surface area contributed by atoms with Crippen LogP contribution < -0.4 is 21.5 Å². The normalized spacial score (nSPS) is 17.6. The molecule has 39 heavy (non-hydrogen) atoms. The predicted molar refractivity (Wildman–Crippen MR) is 140 cm³/mol. The number of benzene rings is 2. The molecule has 0 saturated carbocycles. The first kappa shape index (κ1) is 26.7. The highest BCUT2D eigenvalue weighted by molar-refractivity contribution is 6.42. The number of anilines is 2. The van der Waals surface area contributed by atoms with E-state index in [9.17, 15) is 27.6 Å². The maximum atomic E-state index is 14.5. The van der Waals surface area contributed by atoms with Gasteiger partial charge in [-0.3, -0.25) is 9.59 Å². The largest absolute Gasteiger partial charge is 0.431 e. The third-order valence-electron chi connectivity index (χ3n) is 6.66. The minimum Gasteiger partial charge on any atom is -0.368 e. The second-order valence-corrected chi connectivity index (χ2v) is 9.72. The van der Waals surface area contributed by atoms with Crippen molar-refractivity contribution in [3.63, 3.8) is 0 Å². The Bertz CT molecular complexity index is 1540. The number of hydrogen-bond acceptors (Lipinski definition) is 5. The highest BCUT2D eigenvalue weighted by Crippen LogP contribution is 2.45. The number of primary amides is 1. The fourth-order valence-electron chi connectivity index (χ4n) is 4.92. The number of amides is 2. The number of piperazine rings is 1. The first-order valence-corrected chi connectivity index (χ1v) is 12.5. The van der Waals surface area contributed by atoms with Crippen LogP contribution in [0.1, 0.15) is 11.6 Å². The van der Waals surface area contributed by atoms with E-state index in [-0.39, 0.29) is 28.7 Å². The molecule has 5 rings (SSSR count). The summed E-state index contributed by atoms with van der Waals surface area (Å²) in [6, 6.07) is 11.5. The monoisotopic (exact) mass is 580 g/mol. The molecule has 2 aromatic carbocycles. The van der Waals surface area contributed by atoms with E-state index >= 15 is 0 Å². The lowest BCUT2D eigenvalue weighted by Gasteiger charge is -2.39. The number of nitrogens with one attached hydrogen (secondary N) is 1. The van der Waals surface area contributed by atoms with Crippen molar-refractivity contribution in [1.29, 1.82) is 0 Å². The van der Waals surface area contributed by atoms with E-state index in [1.54, 1.807) is 0 Å². The zero-order valence-corrected chi connectivity index (χ0v) is 21.6. The van der Waals surface area contributed by atoms with Gasteiger partial charge in [0.15, 0.2) is 0 Å². The van der Waals surface area contributed by atoms with Crippen molar-refractivity contribution in [2.75, 3.05) is 36.4 Å². The molecule has 1 aromatic heterocycles. The highest BCUT2D eigenvalue weighted by atomic mass is 35.5. The van der Waals surface area contributed by atoms with Crippen molar-refractivity contribution in [2.45, 2.75) is 12.2 Å². The van der Waals surface area contributed by atoms with Crippen LogP contribution in [0.3, 0.4) is 0 Å². The molecule has 0 radical (unpaired) electrons. The summed E-state index contributed by atoms with van der Waals surface area (Å²) in [5.41, 5.74) is 3.21. The summed E-state index contributed by atoms with van der Waals surface area (Å²) in [5.74, 6) is -1.33. The summed E-state index contributed by atoms with van der Waals surface area (Å²) in [5, 5.41) is 2.01. The zero-order chi connectivity index (χ0) is 28.1. The van der Waals surface area contributed by atoms with Crippen LogP contribution in [0.15, 0.2) is 70.7 Å². The van der Waals surface area contributed by atoms with E-state index in [0.717, 1.165) is 16.4 Å². The van der Waals surface area contributed by atoms with Crippen molar-refractivity contribution < 1.29 is 22.8 Å². The Balaban J connectivity index is 1.65. The van der Waals surface area contributed by atoms with Gasteiger partial charge in [0, 0.05) is 43.5 Å². The molecule has 1 unspecified atom stereocenters. The van der Waals surface area contributed by atoms with Gasteiger partial charge in [0.05, 0.1) is 15.6 Å². The summed E-state index contributed by atoms with van der Waals surface area (Å²) >= 11 is 12.6. The van der Waals surface area contributed by atoms with Gasteiger partial charge in [-0.1, -0.05) is 53.5 Å². The van der Waals surface area contributed by atoms with E-state index in [1.165, 1.54) is 23.1 Å². The molecule has 204 valence electrons. The number of rotatable bonds is 3. The molecule has 0 bridgehead atoms. The summed E-state index contributed by atoms with van der Waals surface area (Å²) < 4.78 is 44.8. The molecule has 1 atom stereocenters. The van der Waals surface area contributed by atoms with Crippen molar-refractivity contribution in [3.05, 3.63) is 91.8 Å². The molecule has 2 amide bonds. The summed E-state index contributed by atoms with van der Waals surface area (Å²) in [6.07, 6.45) is -5.03. The van der Waals surface area contributed by atoms with Crippen molar-refractivity contribution >= 4 is 46.6 Å². The van der Waals surface area contributed by atoms with Gasteiger partial charge in [-0.25, -0.2) is 9.48 Å². The summed E-state index contributed by atoms with van der Waals surface area (Å²) in [7, 11) is 0. The molecule has 1 fully saturated rings. The van der Waals surface area contributed by atoms with Gasteiger partial charge in [-0.05, 0) is 18.2 Å². The molecule has 0 aliphatic carbocycles. The number of nitrogens with two attached hydrogens (primary N) is 1. The standard InChI is InChI=1S/C25H21Cl2F3N6O3/c26-16-8-4-7-15(20(16)27)21-19(23(38)34-11-9-33(10-12-34)14-5-2-1-3-6-14)22(25(28,29)30)32-17-13-18(37)36(24(31)39)35(17)21/h1-8,13,21,32H,9-12H2,(H2,31,39). The first-order chi connectivity index (χ1) is 18.5. The minimum atomic E-state index is -5.03. The Morgan fingerprint density at radius 1 is 0.974 bits per heavy atom. The Kier molecular flexibility index (Phi) is 6.85. The average molecular weight is 581 g/mol. The van der Waals surface area contributed by atoms with Gasteiger partial charge < -0.3 is 20.9 Å². The fourth-order valence-corrected chi connectivity index (χ4v) is 5.33. The van der Waals surface area contributed by atoms with Gasteiger partial charge in [0.2, 0.25) is 0 Å². The van der Waals surface area contributed by atoms with E-state index in [4.69, 9.17) is 28.9 Å². The Morgan fingerprint density at radius 3 is 2.26 bits per heavy atom. The lowest BCUT2D eigenvalue weighted by atomic mass is 9.93. The van der Waals surface area contributed by atoms with Crippen molar-refractivity contribution in [3.8, 4) is 0 Å². The quantitative estimate of drug-likeness (QED) is 0.486. The number of para-hydroxylation sites is 1. The molecule has 0 spiro atoms. The van der Waals surface area contributed by atoms with Crippen LogP contribution in [-0.4, -0.2) is 58.6 Å². The molecular weight excluding hydrogens is 560 g/mol. The Hall–Kier alpha value is -3.90. The van der Waals surface area contributed by atoms with E-state index in [2.05, 4.69) is 5.32 Å². The van der Waals surface area contributed by atoms with E-state index < -0.39 is 46.8 Å². The number of carbonyl (C=O) groups is 2. The molecule has 1 saturated heterocycles. The lowest BCUT2D eigenvalue weighted by molar-refractivity contribution is -0.129. The number of carbonyl (C=O) groups excluding carboxylic acids is 2. The number of hydrogen-bond donors (Lipinski definition) is 2. The topological polar surface area (TPSA) is 106 Å². The van der Waals surface area contributed by atoms with E-state index in [1.807, 2.05) is 35.2 Å². The van der Waals surface area contributed by atoms with Crippen LogP contribution in [0.25, 0.3) is 0 Å². The molecule has 14 heteroatoms. The fraction of sp³-hybridized carbons (Fsp3) is 0.240. The van der Waals surface area contributed by atoms with Crippen LogP contribution in [0, 0.1) is 0 Å². The average Bonchev–Trinajstić information content (AvgIpc) is 3.25. The Morgan fingerprint density at radius 2 is 1.64 bits per heavy atom. The van der Waals surface area contributed by atoms with Crippen molar-refractivity contribution in [1.82, 2.24) is 14.3 Å². The van der Waals surface area contributed by atoms with Crippen LogP contribution in [0.4, 0.5) is 29.5 Å². The van der Waals surface area contributed by atoms with Gasteiger partial charge in [-0.2, -0.15) is 17.9 Å². The van der Waals surface area contributed by atoms with Gasteiger partial charge in [0.25, 0.3) is 11.5 Å². The van der Waals surface area contributed by atoms with Gasteiger partial charge in [-0.15, -0.1) is 0 Å². The molecule has 3 heterocycles. The smallest absolute Gasteiger partial charge is 0.368 e. The number of aromatic nitrogens is 2. The minimum absolute atomic E-state index is 0.00575. The van der Waals surface area contributed by atoms with E-state index in [0.29, 0.717) is 17.8 Å². The third kappa shape index (κ3) is 4.74. The molecule has 2 aliphatic rings. The summed E-state index contributed by atoms with van der Waals surface area (Å²) in [4.78, 5) is 42.1. The maximum Gasteiger partial charge on any atom is 0.431 e. The molecule has 2 aliphatic heterocycles. The van der Waals surface area contributed by atoms with Crippen LogP contribution in [0.5, 0.6) is 0 Å². The second kappa shape index (κ2) is 10.0. The number of allylic oxidation sites excluding steroid dienone is 1. The van der Waals surface area contributed by atoms with Gasteiger partial charge >= 0.3 is 12.2 Å². The second-order valence-electron chi connectivity index (χ2n) is 8.93. The third-order valence-corrected chi connectivity index (χ3v) is 7.49.